The molecule has 0 bridgehead atoms. The molecule has 0 saturated carbocycles. The van der Waals surface area contributed by atoms with E-state index in [1.807, 2.05) is 6.07 Å². The Kier molecular flexibility index (Phi) is 2.81. The summed E-state index contributed by atoms with van der Waals surface area (Å²) in [6, 6.07) is 8.50. The molecular formula is C9H9NO2. The summed E-state index contributed by atoms with van der Waals surface area (Å²) in [6.07, 6.45) is -0.890. The van der Waals surface area contributed by atoms with Gasteiger partial charge in [0.2, 0.25) is 0 Å². The quantitative estimate of drug-likeness (QED) is 0.670. The molecule has 12 heavy (non-hydrogen) atoms. The molecule has 0 heterocycles. The SMILES string of the molecule is N#Cc1cccc(C(O)CO)c1. The number of nitrogens with zero attached hydrogens (tertiary/aromatic N) is 1. The molecule has 2 N–H and O–H groups in total. The molecule has 0 saturated heterocycles. The number of rotatable bonds is 2. The smallest absolute Gasteiger partial charge is 0.102 e. The normalized spacial score (nSPS) is 12.1. The molecule has 1 atom stereocenters. The molecule has 0 aliphatic heterocycles. The van der Waals surface area contributed by atoms with Gasteiger partial charge in [0, 0.05) is 0 Å². The maximum Gasteiger partial charge on any atom is 0.102 e. The van der Waals surface area contributed by atoms with E-state index in [9.17, 15) is 5.11 Å². The summed E-state index contributed by atoms with van der Waals surface area (Å²) in [5, 5.41) is 26.3. The Morgan fingerprint density at radius 2 is 2.25 bits per heavy atom. The maximum atomic E-state index is 9.19. The molecule has 0 fully saturated rings. The minimum absolute atomic E-state index is 0.325. The van der Waals surface area contributed by atoms with E-state index in [4.69, 9.17) is 10.4 Å². The van der Waals surface area contributed by atoms with Gasteiger partial charge in [-0.3, -0.25) is 0 Å². The molecule has 1 unspecified atom stereocenters. The van der Waals surface area contributed by atoms with Crippen LogP contribution in [0.1, 0.15) is 17.2 Å². The summed E-state index contributed by atoms with van der Waals surface area (Å²) in [5.41, 5.74) is 1.05. The van der Waals surface area contributed by atoms with Crippen LogP contribution >= 0.6 is 0 Å². The van der Waals surface area contributed by atoms with E-state index in [0.29, 0.717) is 11.1 Å². The van der Waals surface area contributed by atoms with Crippen LogP contribution in [0.3, 0.4) is 0 Å². The fourth-order valence-electron chi connectivity index (χ4n) is 0.921. The van der Waals surface area contributed by atoms with Crippen molar-refractivity contribution < 1.29 is 10.2 Å². The van der Waals surface area contributed by atoms with Crippen LogP contribution in [-0.2, 0) is 0 Å². The number of hydrogen-bond acceptors (Lipinski definition) is 3. The number of aliphatic hydroxyl groups is 2. The molecule has 0 aliphatic rings. The molecular weight excluding hydrogens is 154 g/mol. The number of nitriles is 1. The third-order valence-corrected chi connectivity index (χ3v) is 1.57. The number of aliphatic hydroxyl groups excluding tert-OH is 2. The van der Waals surface area contributed by atoms with E-state index in [1.54, 1.807) is 24.3 Å². The van der Waals surface area contributed by atoms with E-state index in [1.165, 1.54) is 0 Å². The molecule has 0 amide bonds. The van der Waals surface area contributed by atoms with E-state index in [0.717, 1.165) is 0 Å². The van der Waals surface area contributed by atoms with E-state index < -0.39 is 6.10 Å². The summed E-state index contributed by atoms with van der Waals surface area (Å²) in [6.45, 7) is -0.325. The Balaban J connectivity index is 2.95. The van der Waals surface area contributed by atoms with Gasteiger partial charge >= 0.3 is 0 Å². The number of benzene rings is 1. The van der Waals surface area contributed by atoms with Crippen molar-refractivity contribution in [2.45, 2.75) is 6.10 Å². The van der Waals surface area contributed by atoms with Crippen LogP contribution in [0.2, 0.25) is 0 Å². The van der Waals surface area contributed by atoms with Crippen molar-refractivity contribution in [3.05, 3.63) is 35.4 Å². The Hall–Kier alpha value is -1.37. The monoisotopic (exact) mass is 163 g/mol. The first-order valence-electron chi connectivity index (χ1n) is 3.57. The third kappa shape index (κ3) is 1.82. The largest absolute Gasteiger partial charge is 0.393 e. The molecule has 0 aromatic heterocycles. The van der Waals surface area contributed by atoms with Gasteiger partial charge < -0.3 is 10.2 Å². The van der Waals surface area contributed by atoms with Gasteiger partial charge in [0.15, 0.2) is 0 Å². The second-order valence-corrected chi connectivity index (χ2v) is 2.44. The summed E-state index contributed by atoms with van der Waals surface area (Å²) in [7, 11) is 0. The van der Waals surface area contributed by atoms with Crippen LogP contribution in [-0.4, -0.2) is 16.8 Å². The number of hydrogen-bond donors (Lipinski definition) is 2. The fraction of sp³-hybridized carbons (Fsp3) is 0.222. The van der Waals surface area contributed by atoms with Crippen molar-refractivity contribution in [1.82, 2.24) is 0 Å². The summed E-state index contributed by atoms with van der Waals surface area (Å²) in [4.78, 5) is 0. The molecule has 3 nitrogen and oxygen atoms in total. The zero-order chi connectivity index (χ0) is 8.97. The van der Waals surface area contributed by atoms with Crippen molar-refractivity contribution in [3.63, 3.8) is 0 Å². The Bertz CT molecular complexity index is 304. The first kappa shape index (κ1) is 8.72. The van der Waals surface area contributed by atoms with Crippen LogP contribution < -0.4 is 0 Å². The van der Waals surface area contributed by atoms with Gasteiger partial charge in [0.05, 0.1) is 18.2 Å². The highest BCUT2D eigenvalue weighted by atomic mass is 16.3. The fourth-order valence-corrected chi connectivity index (χ4v) is 0.921. The van der Waals surface area contributed by atoms with Crippen LogP contribution in [0.5, 0.6) is 0 Å². The van der Waals surface area contributed by atoms with Crippen molar-refractivity contribution in [1.29, 1.82) is 5.26 Å². The Morgan fingerprint density at radius 1 is 1.50 bits per heavy atom. The lowest BCUT2D eigenvalue weighted by atomic mass is 10.1. The average Bonchev–Trinajstić information content (AvgIpc) is 2.17. The minimum Gasteiger partial charge on any atom is -0.393 e. The molecule has 1 aromatic rings. The van der Waals surface area contributed by atoms with Gasteiger partial charge in [-0.1, -0.05) is 12.1 Å². The predicted molar refractivity (Wildman–Crippen MR) is 43.2 cm³/mol. The van der Waals surface area contributed by atoms with Crippen LogP contribution in [0.4, 0.5) is 0 Å². The van der Waals surface area contributed by atoms with Gasteiger partial charge in [-0.15, -0.1) is 0 Å². The second-order valence-electron chi connectivity index (χ2n) is 2.44. The van der Waals surface area contributed by atoms with Crippen molar-refractivity contribution in [3.8, 4) is 6.07 Å². The lowest BCUT2D eigenvalue weighted by Crippen LogP contribution is -2.02. The molecule has 1 rings (SSSR count). The highest BCUT2D eigenvalue weighted by molar-refractivity contribution is 5.33. The van der Waals surface area contributed by atoms with E-state index in [-0.39, 0.29) is 6.61 Å². The average molecular weight is 163 g/mol. The highest BCUT2D eigenvalue weighted by Gasteiger charge is 2.05. The van der Waals surface area contributed by atoms with Crippen LogP contribution in [0, 0.1) is 11.3 Å². The zero-order valence-electron chi connectivity index (χ0n) is 6.44. The van der Waals surface area contributed by atoms with Crippen LogP contribution in [0.25, 0.3) is 0 Å². The van der Waals surface area contributed by atoms with Crippen molar-refractivity contribution in [2.24, 2.45) is 0 Å². The van der Waals surface area contributed by atoms with Gasteiger partial charge in [-0.05, 0) is 17.7 Å². The molecule has 0 aliphatic carbocycles. The lowest BCUT2D eigenvalue weighted by Gasteiger charge is -2.06. The first-order valence-corrected chi connectivity index (χ1v) is 3.57. The molecule has 3 heteroatoms. The van der Waals surface area contributed by atoms with Gasteiger partial charge in [-0.2, -0.15) is 5.26 Å². The summed E-state index contributed by atoms with van der Waals surface area (Å²) >= 11 is 0. The zero-order valence-corrected chi connectivity index (χ0v) is 6.44. The van der Waals surface area contributed by atoms with Crippen LogP contribution in [0.15, 0.2) is 24.3 Å². The molecule has 1 aromatic carbocycles. The standard InChI is InChI=1S/C9H9NO2/c10-5-7-2-1-3-8(4-7)9(12)6-11/h1-4,9,11-12H,6H2. The third-order valence-electron chi connectivity index (χ3n) is 1.57. The summed E-state index contributed by atoms with van der Waals surface area (Å²) < 4.78 is 0. The van der Waals surface area contributed by atoms with Gasteiger partial charge in [-0.25, -0.2) is 0 Å². The Morgan fingerprint density at radius 3 is 2.83 bits per heavy atom. The highest BCUT2D eigenvalue weighted by Crippen LogP contribution is 2.12. The molecule has 0 spiro atoms. The maximum absolute atomic E-state index is 9.19. The first-order chi connectivity index (χ1) is 5.77. The lowest BCUT2D eigenvalue weighted by molar-refractivity contribution is 0.0956. The molecule has 0 radical (unpaired) electrons. The van der Waals surface area contributed by atoms with E-state index in [2.05, 4.69) is 0 Å². The van der Waals surface area contributed by atoms with Crippen molar-refractivity contribution in [2.75, 3.05) is 6.61 Å². The van der Waals surface area contributed by atoms with Gasteiger partial charge in [0.1, 0.15) is 6.10 Å². The second kappa shape index (κ2) is 3.86. The predicted octanol–water partition coefficient (Wildman–Crippen LogP) is 0.584. The summed E-state index contributed by atoms with van der Waals surface area (Å²) in [5.74, 6) is 0. The Labute approximate surface area is 70.5 Å². The topological polar surface area (TPSA) is 64.2 Å². The van der Waals surface area contributed by atoms with Crippen molar-refractivity contribution >= 4 is 0 Å². The minimum atomic E-state index is -0.890. The molecule has 62 valence electrons. The van der Waals surface area contributed by atoms with E-state index >= 15 is 0 Å². The van der Waals surface area contributed by atoms with Gasteiger partial charge in [0.25, 0.3) is 0 Å².